The van der Waals surface area contributed by atoms with Crippen molar-refractivity contribution < 1.29 is 28.6 Å². The highest BCUT2D eigenvalue weighted by Crippen LogP contribution is 2.40. The van der Waals surface area contributed by atoms with Crippen molar-refractivity contribution in [2.24, 2.45) is 0 Å². The number of carbonyl (C=O) groups excluding carboxylic acids is 3. The van der Waals surface area contributed by atoms with Crippen LogP contribution >= 0.6 is 11.6 Å². The Morgan fingerprint density at radius 2 is 1.65 bits per heavy atom. The van der Waals surface area contributed by atoms with Gasteiger partial charge in [-0.15, -0.1) is 0 Å². The van der Waals surface area contributed by atoms with Gasteiger partial charge in [0.05, 0.1) is 21.3 Å². The van der Waals surface area contributed by atoms with Crippen LogP contribution in [0.4, 0.5) is 10.5 Å². The van der Waals surface area contributed by atoms with E-state index in [-0.39, 0.29) is 0 Å². The minimum absolute atomic E-state index is 0.349. The summed E-state index contributed by atoms with van der Waals surface area (Å²) >= 11 is 5.90. The topological polar surface area (TPSA) is 106 Å². The molecule has 164 valence electrons. The average molecular weight is 448 g/mol. The van der Waals surface area contributed by atoms with Crippen LogP contribution < -0.4 is 24.8 Å². The average Bonchev–Trinajstić information content (AvgIpc) is 2.97. The van der Waals surface area contributed by atoms with Gasteiger partial charge in [0.15, 0.2) is 11.5 Å². The number of amides is 4. The number of rotatable bonds is 7. The highest BCUT2D eigenvalue weighted by molar-refractivity contribution is 6.30. The molecule has 31 heavy (non-hydrogen) atoms. The van der Waals surface area contributed by atoms with Crippen molar-refractivity contribution in [3.05, 3.63) is 47.0 Å². The first-order valence-electron chi connectivity index (χ1n) is 9.23. The van der Waals surface area contributed by atoms with Crippen LogP contribution in [0.5, 0.6) is 17.2 Å². The van der Waals surface area contributed by atoms with Crippen LogP contribution in [0.15, 0.2) is 36.4 Å². The number of hydrogen-bond acceptors (Lipinski definition) is 6. The maximum atomic E-state index is 13.0. The third kappa shape index (κ3) is 4.22. The maximum absolute atomic E-state index is 13.0. The number of hydrogen-bond donors (Lipinski definition) is 2. The Hall–Kier alpha value is -3.46. The predicted molar refractivity (Wildman–Crippen MR) is 114 cm³/mol. The molecule has 1 heterocycles. The van der Waals surface area contributed by atoms with Crippen molar-refractivity contribution in [2.45, 2.75) is 12.5 Å². The lowest BCUT2D eigenvalue weighted by atomic mass is 9.92. The summed E-state index contributed by atoms with van der Waals surface area (Å²) in [7, 11) is 4.37. The van der Waals surface area contributed by atoms with Crippen molar-refractivity contribution in [1.82, 2.24) is 10.2 Å². The number of imide groups is 1. The molecule has 1 aliphatic rings. The number of carbonyl (C=O) groups is 3. The number of methoxy groups -OCH3 is 3. The molecule has 9 nitrogen and oxygen atoms in total. The molecule has 1 aliphatic heterocycles. The zero-order chi connectivity index (χ0) is 22.8. The third-order valence-corrected chi connectivity index (χ3v) is 5.20. The summed E-state index contributed by atoms with van der Waals surface area (Å²) in [4.78, 5) is 38.9. The predicted octanol–water partition coefficient (Wildman–Crippen LogP) is 2.77. The molecule has 4 amide bonds. The molecule has 0 unspecified atom stereocenters. The minimum atomic E-state index is -1.30. The molecule has 2 aromatic rings. The van der Waals surface area contributed by atoms with Crippen molar-refractivity contribution in [3.63, 3.8) is 0 Å². The summed E-state index contributed by atoms with van der Waals surface area (Å²) in [5, 5.41) is 5.79. The second kappa shape index (κ2) is 8.73. The van der Waals surface area contributed by atoms with Crippen LogP contribution in [0.25, 0.3) is 0 Å². The number of nitrogens with one attached hydrogen (secondary N) is 2. The van der Waals surface area contributed by atoms with Gasteiger partial charge < -0.3 is 24.8 Å². The van der Waals surface area contributed by atoms with E-state index in [0.29, 0.717) is 33.5 Å². The molecule has 1 fully saturated rings. The highest BCUT2D eigenvalue weighted by atomic mass is 35.5. The van der Waals surface area contributed by atoms with Gasteiger partial charge in [0.25, 0.3) is 5.91 Å². The largest absolute Gasteiger partial charge is 0.493 e. The SMILES string of the molecule is COc1cc(NC(=O)CN2C(=O)N[C@](C)(c3ccc(Cl)cc3)C2=O)cc(OC)c1OC. The number of nitrogens with zero attached hydrogens (tertiary/aromatic N) is 1. The Kier molecular flexibility index (Phi) is 6.26. The van der Waals surface area contributed by atoms with Crippen molar-refractivity contribution >= 4 is 35.1 Å². The van der Waals surface area contributed by atoms with Gasteiger partial charge in [-0.3, -0.25) is 14.5 Å². The number of ether oxygens (including phenoxy) is 3. The van der Waals surface area contributed by atoms with Crippen molar-refractivity contribution in [2.75, 3.05) is 33.2 Å². The highest BCUT2D eigenvalue weighted by Gasteiger charge is 2.49. The van der Waals surface area contributed by atoms with Gasteiger partial charge in [-0.2, -0.15) is 0 Å². The zero-order valence-corrected chi connectivity index (χ0v) is 18.2. The van der Waals surface area contributed by atoms with E-state index < -0.39 is 29.9 Å². The van der Waals surface area contributed by atoms with E-state index in [0.717, 1.165) is 4.90 Å². The molecule has 2 N–H and O–H groups in total. The number of urea groups is 1. The van der Waals surface area contributed by atoms with Gasteiger partial charge in [-0.05, 0) is 24.6 Å². The molecule has 10 heteroatoms. The van der Waals surface area contributed by atoms with Gasteiger partial charge >= 0.3 is 6.03 Å². The lowest BCUT2D eigenvalue weighted by molar-refractivity contribution is -0.133. The summed E-state index contributed by atoms with van der Waals surface area (Å²) in [6, 6.07) is 8.98. The molecule has 0 aromatic heterocycles. The molecule has 0 bridgehead atoms. The lowest BCUT2D eigenvalue weighted by Crippen LogP contribution is -2.42. The van der Waals surface area contributed by atoms with E-state index in [1.807, 2.05) is 0 Å². The number of anilines is 1. The monoisotopic (exact) mass is 447 g/mol. The maximum Gasteiger partial charge on any atom is 0.325 e. The summed E-state index contributed by atoms with van der Waals surface area (Å²) in [5.74, 6) is -0.0428. The van der Waals surface area contributed by atoms with E-state index in [2.05, 4.69) is 10.6 Å². The molecular weight excluding hydrogens is 426 g/mol. The standard InChI is InChI=1S/C21H22ClN3O6/c1-21(12-5-7-13(22)8-6-12)19(27)25(20(28)24-21)11-17(26)23-14-9-15(29-2)18(31-4)16(10-14)30-3/h5-10H,11H2,1-4H3,(H,23,26)(H,24,28)/t21-/m1/s1. The molecule has 0 radical (unpaired) electrons. The third-order valence-electron chi connectivity index (χ3n) is 4.95. The van der Waals surface area contributed by atoms with E-state index >= 15 is 0 Å². The van der Waals surface area contributed by atoms with Crippen molar-refractivity contribution in [1.29, 1.82) is 0 Å². The van der Waals surface area contributed by atoms with E-state index in [1.54, 1.807) is 43.3 Å². The van der Waals surface area contributed by atoms with Crippen LogP contribution in [0, 0.1) is 0 Å². The molecule has 1 atom stereocenters. The first-order chi connectivity index (χ1) is 14.7. The molecule has 3 rings (SSSR count). The number of benzene rings is 2. The van der Waals surface area contributed by atoms with Gasteiger partial charge in [0, 0.05) is 22.8 Å². The Morgan fingerprint density at radius 1 is 1.06 bits per heavy atom. The molecular formula is C21H22ClN3O6. The van der Waals surface area contributed by atoms with Gasteiger partial charge in [-0.25, -0.2) is 4.79 Å². The van der Waals surface area contributed by atoms with Gasteiger partial charge in [-0.1, -0.05) is 23.7 Å². The molecule has 2 aromatic carbocycles. The molecule has 0 spiro atoms. The Labute approximate surface area is 184 Å². The van der Waals surface area contributed by atoms with E-state index in [9.17, 15) is 14.4 Å². The molecule has 1 saturated heterocycles. The van der Waals surface area contributed by atoms with E-state index in [4.69, 9.17) is 25.8 Å². The van der Waals surface area contributed by atoms with Crippen LogP contribution in [0.3, 0.4) is 0 Å². The van der Waals surface area contributed by atoms with Crippen molar-refractivity contribution in [3.8, 4) is 17.2 Å². The second-order valence-electron chi connectivity index (χ2n) is 6.92. The first-order valence-corrected chi connectivity index (χ1v) is 9.61. The second-order valence-corrected chi connectivity index (χ2v) is 7.35. The zero-order valence-electron chi connectivity index (χ0n) is 17.4. The summed E-state index contributed by atoms with van der Waals surface area (Å²) in [6.07, 6.45) is 0. The molecule has 0 saturated carbocycles. The van der Waals surface area contributed by atoms with Crippen LogP contribution in [0.2, 0.25) is 5.02 Å². The summed E-state index contributed by atoms with van der Waals surface area (Å²) in [5.41, 5.74) is -0.385. The van der Waals surface area contributed by atoms with Gasteiger partial charge in [0.2, 0.25) is 11.7 Å². The lowest BCUT2D eigenvalue weighted by Gasteiger charge is -2.22. The quantitative estimate of drug-likeness (QED) is 0.632. The van der Waals surface area contributed by atoms with Crippen LogP contribution in [-0.2, 0) is 15.1 Å². The summed E-state index contributed by atoms with van der Waals surface area (Å²) < 4.78 is 15.8. The minimum Gasteiger partial charge on any atom is -0.493 e. The Morgan fingerprint density at radius 3 is 2.16 bits per heavy atom. The Bertz CT molecular complexity index is 1000. The first kappa shape index (κ1) is 22.2. The van der Waals surface area contributed by atoms with Gasteiger partial charge in [0.1, 0.15) is 12.1 Å². The number of halogens is 1. The smallest absolute Gasteiger partial charge is 0.325 e. The normalized spacial score (nSPS) is 17.9. The van der Waals surface area contributed by atoms with Crippen LogP contribution in [0.1, 0.15) is 12.5 Å². The fourth-order valence-corrected chi connectivity index (χ4v) is 3.44. The van der Waals surface area contributed by atoms with E-state index in [1.165, 1.54) is 21.3 Å². The molecule has 0 aliphatic carbocycles. The van der Waals surface area contributed by atoms with Crippen LogP contribution in [-0.4, -0.2) is 50.6 Å². The fraction of sp³-hybridized carbons (Fsp3) is 0.286. The fourth-order valence-electron chi connectivity index (χ4n) is 3.32. The Balaban J connectivity index is 1.77. The summed E-state index contributed by atoms with van der Waals surface area (Å²) in [6.45, 7) is 1.11.